The Morgan fingerprint density at radius 2 is 1.12 bits per heavy atom. The number of rotatable bonds is 4. The summed E-state index contributed by atoms with van der Waals surface area (Å²) in [5, 5.41) is 7.40. The molecular weight excluding hydrogens is 589 g/mol. The second-order valence-corrected chi connectivity index (χ2v) is 16.1. The molecule has 2 aliphatic heterocycles. The maximum atomic E-state index is 5.01. The van der Waals surface area contributed by atoms with E-state index >= 15 is 0 Å². The number of nitrogens with zero attached hydrogens (tertiary/aromatic N) is 2. The molecule has 6 aromatic rings. The van der Waals surface area contributed by atoms with Crippen molar-refractivity contribution in [1.29, 1.82) is 0 Å². The van der Waals surface area contributed by atoms with Gasteiger partial charge in [-0.15, -0.1) is 0 Å². The summed E-state index contributed by atoms with van der Waals surface area (Å²) in [4.78, 5) is 17.4. The lowest BCUT2D eigenvalue weighted by Crippen LogP contribution is -2.17. The number of hydrogen-bond donors (Lipinski definition) is 4. The van der Waals surface area contributed by atoms with Crippen molar-refractivity contribution in [2.45, 2.75) is 77.3 Å². The Bertz CT molecular complexity index is 2070. The van der Waals surface area contributed by atoms with Gasteiger partial charge in [-0.25, -0.2) is 9.97 Å². The molecule has 3 fully saturated rings. The average Bonchev–Trinajstić information content (AvgIpc) is 3.47. The molecule has 6 nitrogen and oxygen atoms in total. The average molecular weight is 633 g/mol. The molecule has 4 heterocycles. The molecule has 13 rings (SSSR count). The third-order valence-electron chi connectivity index (χ3n) is 11.9. The van der Waals surface area contributed by atoms with Crippen LogP contribution in [-0.2, 0) is 25.7 Å². The van der Waals surface area contributed by atoms with Crippen molar-refractivity contribution in [1.82, 2.24) is 30.6 Å². The fraction of sp³-hybridized carbons (Fsp3) is 0.381. The number of aromatic nitrogens is 4. The summed E-state index contributed by atoms with van der Waals surface area (Å²) < 4.78 is 0. The number of nitrogens with one attached hydrogen (secondary N) is 4. The predicted octanol–water partition coefficient (Wildman–Crippen LogP) is 8.53. The van der Waals surface area contributed by atoms with Crippen LogP contribution >= 0.6 is 0 Å². The molecule has 2 saturated heterocycles. The van der Waals surface area contributed by atoms with E-state index in [0.29, 0.717) is 22.9 Å². The quantitative estimate of drug-likeness (QED) is 0.157. The molecule has 2 aromatic heterocycles. The molecular formula is C42H44N6. The van der Waals surface area contributed by atoms with Gasteiger partial charge in [0.25, 0.3) is 0 Å². The van der Waals surface area contributed by atoms with E-state index in [0.717, 1.165) is 78.9 Å². The SMILES string of the molecule is CC1(C)CNC(c2nc3ccc(-c4cc5ccc4CCc4ccc(c(-c6ccc7nc(C8CC9(CC9)CN8)[nH]c7c6)c4)CC5)cc3[nH]2)C1. The van der Waals surface area contributed by atoms with Crippen molar-refractivity contribution in [3.05, 3.63) is 107 Å². The van der Waals surface area contributed by atoms with Gasteiger partial charge in [-0.1, -0.05) is 62.4 Å². The van der Waals surface area contributed by atoms with Gasteiger partial charge in [-0.05, 0) is 131 Å². The van der Waals surface area contributed by atoms with Crippen molar-refractivity contribution in [2.75, 3.05) is 13.1 Å². The van der Waals surface area contributed by atoms with Gasteiger partial charge in [-0.3, -0.25) is 0 Å². The molecule has 1 saturated carbocycles. The first-order chi connectivity index (χ1) is 23.4. The topological polar surface area (TPSA) is 81.4 Å². The fourth-order valence-corrected chi connectivity index (χ4v) is 8.77. The van der Waals surface area contributed by atoms with E-state index in [2.05, 4.69) is 107 Å². The second-order valence-electron chi connectivity index (χ2n) is 16.1. The van der Waals surface area contributed by atoms with Crippen LogP contribution in [0.4, 0.5) is 0 Å². The Kier molecular flexibility index (Phi) is 6.35. The Balaban J connectivity index is 0.941. The predicted molar refractivity (Wildman–Crippen MR) is 194 cm³/mol. The maximum absolute atomic E-state index is 5.01. The van der Waals surface area contributed by atoms with Crippen LogP contribution in [0.2, 0.25) is 0 Å². The highest BCUT2D eigenvalue weighted by molar-refractivity contribution is 5.84. The van der Waals surface area contributed by atoms with Crippen molar-refractivity contribution in [2.24, 2.45) is 10.8 Å². The standard InChI is InChI=1S/C42H44N6/c1-41(2)21-37(43-23-41)39-45-33-13-11-29(19-35(33)47-39)31-17-25-3-7-27(31)8-4-26-6-10-28(9-5-25)32(18-26)30-12-14-34-36(20-30)48-40(46-34)38-22-42(15-16-42)24-44-38/h3,6-7,10-14,17-20,37-38,43-44H,4-5,8-9,15-16,21-24H2,1-2H3,(H,45,47)(H,46,48). The van der Waals surface area contributed by atoms with E-state index in [-0.39, 0.29) is 0 Å². The molecule has 1 spiro atoms. The molecule has 0 amide bonds. The Morgan fingerprint density at radius 3 is 1.62 bits per heavy atom. The smallest absolute Gasteiger partial charge is 0.124 e. The van der Waals surface area contributed by atoms with Crippen LogP contribution in [0.3, 0.4) is 0 Å². The van der Waals surface area contributed by atoms with Crippen LogP contribution in [-0.4, -0.2) is 33.0 Å². The monoisotopic (exact) mass is 632 g/mol. The van der Waals surface area contributed by atoms with E-state index in [1.807, 2.05) is 0 Å². The zero-order valence-electron chi connectivity index (χ0n) is 28.0. The zero-order chi connectivity index (χ0) is 32.0. The molecule has 242 valence electrons. The number of H-pyrrole nitrogens is 2. The molecule has 0 radical (unpaired) electrons. The molecule has 4 bridgehead atoms. The Morgan fingerprint density at radius 1 is 0.583 bits per heavy atom. The van der Waals surface area contributed by atoms with Gasteiger partial charge in [0, 0.05) is 13.1 Å². The van der Waals surface area contributed by atoms with Gasteiger partial charge >= 0.3 is 0 Å². The van der Waals surface area contributed by atoms with Gasteiger partial charge in [0.1, 0.15) is 11.6 Å². The van der Waals surface area contributed by atoms with E-state index in [4.69, 9.17) is 9.97 Å². The van der Waals surface area contributed by atoms with Gasteiger partial charge in [0.2, 0.25) is 0 Å². The highest BCUT2D eigenvalue weighted by Crippen LogP contribution is 2.54. The highest BCUT2D eigenvalue weighted by atomic mass is 15.1. The Hall–Kier alpha value is -4.26. The highest BCUT2D eigenvalue weighted by Gasteiger charge is 2.49. The number of hydrogen-bond acceptors (Lipinski definition) is 4. The lowest BCUT2D eigenvalue weighted by molar-refractivity contribution is 0.401. The summed E-state index contributed by atoms with van der Waals surface area (Å²) in [6.45, 7) is 6.82. The molecule has 48 heavy (non-hydrogen) atoms. The summed E-state index contributed by atoms with van der Waals surface area (Å²) in [6.07, 6.45) is 9.06. The summed E-state index contributed by atoms with van der Waals surface area (Å²) in [7, 11) is 0. The van der Waals surface area contributed by atoms with Gasteiger partial charge in [0.05, 0.1) is 34.2 Å². The van der Waals surface area contributed by atoms with E-state index < -0.39 is 0 Å². The number of fused-ring (bicyclic) bond motifs is 2. The minimum Gasteiger partial charge on any atom is -0.341 e. The van der Waals surface area contributed by atoms with Crippen LogP contribution in [0, 0.1) is 10.8 Å². The first-order valence-electron chi connectivity index (χ1n) is 18.1. The van der Waals surface area contributed by atoms with Crippen LogP contribution in [0.15, 0.2) is 72.8 Å². The van der Waals surface area contributed by atoms with Gasteiger partial charge < -0.3 is 20.6 Å². The van der Waals surface area contributed by atoms with Gasteiger partial charge in [0.15, 0.2) is 0 Å². The van der Waals surface area contributed by atoms with Crippen molar-refractivity contribution < 1.29 is 0 Å². The number of aryl methyl sites for hydroxylation is 4. The second kappa shape index (κ2) is 10.6. The first kappa shape index (κ1) is 28.7. The minimum absolute atomic E-state index is 0.291. The molecule has 5 aliphatic carbocycles. The number of aromatic amines is 2. The van der Waals surface area contributed by atoms with E-state index in [9.17, 15) is 0 Å². The van der Waals surface area contributed by atoms with Gasteiger partial charge in [-0.2, -0.15) is 0 Å². The summed E-state index contributed by atoms with van der Waals surface area (Å²) in [5.41, 5.74) is 16.1. The Labute approximate surface area is 282 Å². The van der Waals surface area contributed by atoms with Crippen LogP contribution in [0.1, 0.15) is 85.5 Å². The fourth-order valence-electron chi connectivity index (χ4n) is 8.77. The van der Waals surface area contributed by atoms with E-state index in [1.54, 1.807) is 0 Å². The van der Waals surface area contributed by atoms with E-state index in [1.165, 1.54) is 63.8 Å². The lowest BCUT2D eigenvalue weighted by atomic mass is 9.87. The minimum atomic E-state index is 0.291. The van der Waals surface area contributed by atoms with Crippen LogP contribution in [0.5, 0.6) is 0 Å². The molecule has 2 unspecified atom stereocenters. The summed E-state index contributed by atoms with van der Waals surface area (Å²) in [5.74, 6) is 2.16. The molecule has 6 heteroatoms. The molecule has 4 N–H and O–H groups in total. The number of benzene rings is 4. The molecule has 7 aliphatic rings. The van der Waals surface area contributed by atoms with Crippen LogP contribution in [0.25, 0.3) is 44.3 Å². The molecule has 4 aromatic carbocycles. The van der Waals surface area contributed by atoms with Crippen LogP contribution < -0.4 is 10.6 Å². The normalized spacial score (nSPS) is 22.5. The largest absolute Gasteiger partial charge is 0.341 e. The first-order valence-corrected chi connectivity index (χ1v) is 18.1. The van der Waals surface area contributed by atoms with Crippen molar-refractivity contribution >= 4 is 22.1 Å². The third kappa shape index (κ3) is 5.08. The maximum Gasteiger partial charge on any atom is 0.124 e. The summed E-state index contributed by atoms with van der Waals surface area (Å²) >= 11 is 0. The molecule has 2 atom stereocenters. The number of imidazole rings is 2. The third-order valence-corrected chi connectivity index (χ3v) is 11.9. The lowest BCUT2D eigenvalue weighted by Gasteiger charge is -2.17. The van der Waals surface area contributed by atoms with Crippen molar-refractivity contribution in [3.63, 3.8) is 0 Å². The zero-order valence-corrected chi connectivity index (χ0v) is 28.0. The van der Waals surface area contributed by atoms with Crippen molar-refractivity contribution in [3.8, 4) is 22.3 Å². The summed E-state index contributed by atoms with van der Waals surface area (Å²) in [6, 6.07) is 28.6.